The highest BCUT2D eigenvalue weighted by atomic mass is 32.2. The number of hydrogen-bond donors (Lipinski definition) is 0. The van der Waals surface area contributed by atoms with Crippen LogP contribution in [0.3, 0.4) is 0 Å². The smallest absolute Gasteiger partial charge is 0.446 e. The van der Waals surface area contributed by atoms with Gasteiger partial charge in [-0.25, -0.2) is 4.79 Å². The number of benzene rings is 3. The Morgan fingerprint density at radius 3 is 2.51 bits per heavy atom. The van der Waals surface area contributed by atoms with Gasteiger partial charge in [0.05, 0.1) is 19.8 Å². The van der Waals surface area contributed by atoms with E-state index in [9.17, 15) is 22.8 Å². The summed E-state index contributed by atoms with van der Waals surface area (Å²) in [5, 5.41) is 0. The lowest BCUT2D eigenvalue weighted by molar-refractivity contribution is -0.145. The fourth-order valence-corrected chi connectivity index (χ4v) is 4.43. The highest BCUT2D eigenvalue weighted by molar-refractivity contribution is 8.00. The van der Waals surface area contributed by atoms with Gasteiger partial charge in [0.25, 0.3) is 5.91 Å². The lowest BCUT2D eigenvalue weighted by Gasteiger charge is -2.16. The Morgan fingerprint density at radius 2 is 1.78 bits per heavy atom. The van der Waals surface area contributed by atoms with Crippen LogP contribution in [0.1, 0.15) is 28.4 Å². The second-order valence-corrected chi connectivity index (χ2v) is 9.19. The third-order valence-corrected chi connectivity index (χ3v) is 6.25. The van der Waals surface area contributed by atoms with E-state index in [1.54, 1.807) is 31.2 Å². The van der Waals surface area contributed by atoms with Crippen molar-refractivity contribution in [3.63, 3.8) is 0 Å². The average Bonchev–Trinajstić information content (AvgIpc) is 3.20. The molecule has 0 aliphatic carbocycles. The van der Waals surface area contributed by atoms with Crippen LogP contribution in [0.15, 0.2) is 71.6 Å². The number of amides is 1. The number of anilines is 1. The topological polar surface area (TPSA) is 65.1 Å². The fourth-order valence-electron chi connectivity index (χ4n) is 3.89. The van der Waals surface area contributed by atoms with Gasteiger partial charge in [-0.1, -0.05) is 18.2 Å². The molecular formula is C27H24F3NO5S. The maximum absolute atomic E-state index is 13.0. The van der Waals surface area contributed by atoms with Gasteiger partial charge in [-0.2, -0.15) is 13.2 Å². The summed E-state index contributed by atoms with van der Waals surface area (Å²) < 4.78 is 54.2. The molecule has 0 unspecified atom stereocenters. The Hall–Kier alpha value is -3.66. The molecule has 0 radical (unpaired) electrons. The van der Waals surface area contributed by atoms with E-state index in [2.05, 4.69) is 0 Å². The summed E-state index contributed by atoms with van der Waals surface area (Å²) in [4.78, 5) is 26.0. The predicted octanol–water partition coefficient (Wildman–Crippen LogP) is 6.02. The number of carbonyl (C=O) groups is 2. The molecule has 1 heterocycles. The maximum Gasteiger partial charge on any atom is 0.446 e. The second kappa shape index (κ2) is 11.6. The fraction of sp³-hybridized carbons (Fsp3) is 0.259. The minimum absolute atomic E-state index is 0.0554. The van der Waals surface area contributed by atoms with Crippen LogP contribution < -0.4 is 14.4 Å². The van der Waals surface area contributed by atoms with Crippen LogP contribution in [-0.4, -0.2) is 37.2 Å². The monoisotopic (exact) mass is 531 g/mol. The van der Waals surface area contributed by atoms with Crippen LogP contribution in [0.2, 0.25) is 0 Å². The quantitative estimate of drug-likeness (QED) is 0.235. The zero-order valence-electron chi connectivity index (χ0n) is 19.9. The molecule has 0 N–H and O–H groups in total. The summed E-state index contributed by atoms with van der Waals surface area (Å²) in [6, 6.07) is 18.3. The standard InChI is InChI=1S/C27H24F3NO5S/c1-2-34-25(32)17-36-20-6-3-5-18(15-20)13-14-35-24-8-4-7-22-23(24)16-31(26(22)33)19-9-11-21(12-10-19)37-27(28,29)30/h3-12,15H,2,13-14,16-17H2,1H3. The zero-order chi connectivity index (χ0) is 26.4. The number of rotatable bonds is 10. The summed E-state index contributed by atoms with van der Waals surface area (Å²) in [5.74, 6) is 0.455. The molecule has 10 heteroatoms. The van der Waals surface area contributed by atoms with E-state index in [0.29, 0.717) is 42.4 Å². The average molecular weight is 532 g/mol. The molecule has 37 heavy (non-hydrogen) atoms. The van der Waals surface area contributed by atoms with Crippen LogP contribution in [0, 0.1) is 0 Å². The first-order chi connectivity index (χ1) is 17.7. The van der Waals surface area contributed by atoms with Gasteiger partial charge in [-0.3, -0.25) is 4.79 Å². The molecule has 0 fully saturated rings. The Kier molecular flexibility index (Phi) is 8.27. The van der Waals surface area contributed by atoms with Crippen molar-refractivity contribution >= 4 is 29.3 Å². The van der Waals surface area contributed by atoms with E-state index in [0.717, 1.165) is 11.1 Å². The Morgan fingerprint density at radius 1 is 1.03 bits per heavy atom. The lowest BCUT2D eigenvalue weighted by atomic mass is 10.1. The predicted molar refractivity (Wildman–Crippen MR) is 133 cm³/mol. The zero-order valence-corrected chi connectivity index (χ0v) is 20.7. The Bertz CT molecular complexity index is 1260. The molecule has 0 bridgehead atoms. The molecule has 3 aromatic carbocycles. The van der Waals surface area contributed by atoms with Crippen molar-refractivity contribution in [3.8, 4) is 11.5 Å². The molecule has 0 saturated heterocycles. The number of thioether (sulfide) groups is 1. The lowest BCUT2D eigenvalue weighted by Crippen LogP contribution is -2.22. The first kappa shape index (κ1) is 26.4. The molecule has 0 spiro atoms. The number of halogens is 3. The summed E-state index contributed by atoms with van der Waals surface area (Å²) in [7, 11) is 0. The number of alkyl halides is 3. The van der Waals surface area contributed by atoms with Crippen LogP contribution in [0.4, 0.5) is 18.9 Å². The molecule has 3 aromatic rings. The molecule has 6 nitrogen and oxygen atoms in total. The molecule has 194 valence electrons. The van der Waals surface area contributed by atoms with E-state index >= 15 is 0 Å². The Balaban J connectivity index is 1.37. The van der Waals surface area contributed by atoms with Crippen molar-refractivity contribution in [2.75, 3.05) is 24.7 Å². The van der Waals surface area contributed by atoms with Crippen molar-refractivity contribution in [2.45, 2.75) is 30.3 Å². The summed E-state index contributed by atoms with van der Waals surface area (Å²) >= 11 is -0.195. The van der Waals surface area contributed by atoms with Crippen LogP contribution in [0.25, 0.3) is 0 Å². The van der Waals surface area contributed by atoms with Crippen molar-refractivity contribution in [1.29, 1.82) is 0 Å². The number of carbonyl (C=O) groups excluding carboxylic acids is 2. The highest BCUT2D eigenvalue weighted by Crippen LogP contribution is 2.39. The number of hydrogen-bond acceptors (Lipinski definition) is 6. The van der Waals surface area contributed by atoms with Crippen molar-refractivity contribution in [1.82, 2.24) is 0 Å². The largest absolute Gasteiger partial charge is 0.493 e. The van der Waals surface area contributed by atoms with Crippen molar-refractivity contribution < 1.29 is 37.0 Å². The first-order valence-electron chi connectivity index (χ1n) is 11.5. The molecule has 1 aliphatic rings. The van der Waals surface area contributed by atoms with Gasteiger partial charge in [-0.05, 0) is 72.8 Å². The van der Waals surface area contributed by atoms with E-state index < -0.39 is 11.5 Å². The number of ether oxygens (including phenoxy) is 3. The van der Waals surface area contributed by atoms with Gasteiger partial charge in [0.15, 0.2) is 6.61 Å². The van der Waals surface area contributed by atoms with E-state index in [4.69, 9.17) is 14.2 Å². The maximum atomic E-state index is 13.0. The van der Waals surface area contributed by atoms with Gasteiger partial charge >= 0.3 is 11.5 Å². The van der Waals surface area contributed by atoms with Gasteiger partial charge in [0, 0.05) is 28.1 Å². The molecule has 4 rings (SSSR count). The van der Waals surface area contributed by atoms with Crippen LogP contribution in [0.5, 0.6) is 11.5 Å². The van der Waals surface area contributed by atoms with E-state index in [1.165, 1.54) is 29.2 Å². The second-order valence-electron chi connectivity index (χ2n) is 8.05. The van der Waals surface area contributed by atoms with Gasteiger partial charge < -0.3 is 19.1 Å². The third-order valence-electron chi connectivity index (χ3n) is 5.52. The SMILES string of the molecule is CCOC(=O)COc1cccc(CCOc2cccc3c2CN(c2ccc(SC(F)(F)F)cc2)C3=O)c1. The summed E-state index contributed by atoms with van der Waals surface area (Å²) in [6.07, 6.45) is 0.566. The molecule has 0 atom stereocenters. The minimum atomic E-state index is -4.37. The number of esters is 1. The third kappa shape index (κ3) is 6.97. The molecule has 1 amide bonds. The number of fused-ring (bicyclic) bond motifs is 1. The van der Waals surface area contributed by atoms with Crippen LogP contribution in [-0.2, 0) is 22.5 Å². The summed E-state index contributed by atoms with van der Waals surface area (Å²) in [5.41, 5.74) is -1.68. The van der Waals surface area contributed by atoms with Crippen molar-refractivity contribution in [2.24, 2.45) is 0 Å². The molecule has 0 aromatic heterocycles. The summed E-state index contributed by atoms with van der Waals surface area (Å²) in [6.45, 7) is 2.45. The molecule has 0 saturated carbocycles. The van der Waals surface area contributed by atoms with Crippen LogP contribution >= 0.6 is 11.8 Å². The van der Waals surface area contributed by atoms with E-state index in [1.807, 2.05) is 18.2 Å². The van der Waals surface area contributed by atoms with Crippen molar-refractivity contribution in [3.05, 3.63) is 83.4 Å². The first-order valence-corrected chi connectivity index (χ1v) is 12.3. The van der Waals surface area contributed by atoms with E-state index in [-0.39, 0.29) is 35.7 Å². The Labute approximate surface area is 216 Å². The number of nitrogens with zero attached hydrogens (tertiary/aromatic N) is 1. The molecular weight excluding hydrogens is 507 g/mol. The van der Waals surface area contributed by atoms with Gasteiger partial charge in [0.2, 0.25) is 0 Å². The van der Waals surface area contributed by atoms with Gasteiger partial charge in [-0.15, -0.1) is 0 Å². The molecule has 1 aliphatic heterocycles. The highest BCUT2D eigenvalue weighted by Gasteiger charge is 2.32. The normalized spacial score (nSPS) is 12.9. The van der Waals surface area contributed by atoms with Gasteiger partial charge in [0.1, 0.15) is 11.5 Å². The minimum Gasteiger partial charge on any atom is -0.493 e.